The molecule has 1 rings (SSSR count). The third-order valence-electron chi connectivity index (χ3n) is 2.30. The standard InChI is InChI=1S/C13H20O2/c1-4-5-6-7-11-8-12(14-2)10-13(9-11)15-3/h8-10H,4-7H2,1-3H3/i1D3. The Hall–Kier alpha value is -1.18. The fourth-order valence-corrected chi connectivity index (χ4v) is 1.46. The van der Waals surface area contributed by atoms with E-state index in [9.17, 15) is 0 Å². The van der Waals surface area contributed by atoms with Crippen LogP contribution in [0.3, 0.4) is 0 Å². The van der Waals surface area contributed by atoms with Gasteiger partial charge in [-0.2, -0.15) is 0 Å². The van der Waals surface area contributed by atoms with Crippen LogP contribution in [0.25, 0.3) is 0 Å². The summed E-state index contributed by atoms with van der Waals surface area (Å²) in [4.78, 5) is 0. The summed E-state index contributed by atoms with van der Waals surface area (Å²) in [6.45, 7) is -1.81. The van der Waals surface area contributed by atoms with E-state index < -0.39 is 6.85 Å². The van der Waals surface area contributed by atoms with E-state index in [4.69, 9.17) is 13.6 Å². The summed E-state index contributed by atoms with van der Waals surface area (Å²) in [6.07, 6.45) is 2.67. The zero-order valence-electron chi connectivity index (χ0n) is 12.4. The molecule has 0 spiro atoms. The first-order chi connectivity index (χ1) is 8.44. The summed E-state index contributed by atoms with van der Waals surface area (Å²) in [5.74, 6) is 1.53. The number of benzene rings is 1. The summed E-state index contributed by atoms with van der Waals surface area (Å²) >= 11 is 0. The quantitative estimate of drug-likeness (QED) is 0.671. The molecular formula is C13H20O2. The summed E-state index contributed by atoms with van der Waals surface area (Å²) < 4.78 is 31.8. The zero-order valence-corrected chi connectivity index (χ0v) is 9.38. The number of hydrogen-bond donors (Lipinski definition) is 0. The van der Waals surface area contributed by atoms with Gasteiger partial charge in [0.15, 0.2) is 0 Å². The highest BCUT2D eigenvalue weighted by molar-refractivity contribution is 5.38. The van der Waals surface area contributed by atoms with Crippen molar-refractivity contribution in [2.45, 2.75) is 32.5 Å². The van der Waals surface area contributed by atoms with E-state index in [1.165, 1.54) is 0 Å². The van der Waals surface area contributed by atoms with Crippen molar-refractivity contribution in [1.29, 1.82) is 0 Å². The second-order valence-electron chi connectivity index (χ2n) is 3.43. The van der Waals surface area contributed by atoms with E-state index in [1.807, 2.05) is 18.2 Å². The minimum Gasteiger partial charge on any atom is -0.497 e. The van der Waals surface area contributed by atoms with Gasteiger partial charge in [-0.25, -0.2) is 0 Å². The average molecular weight is 211 g/mol. The Balaban J connectivity index is 2.51. The second kappa shape index (κ2) is 6.33. The van der Waals surface area contributed by atoms with Crippen molar-refractivity contribution in [2.24, 2.45) is 0 Å². The van der Waals surface area contributed by atoms with Gasteiger partial charge in [0.25, 0.3) is 0 Å². The number of rotatable bonds is 6. The van der Waals surface area contributed by atoms with E-state index >= 15 is 0 Å². The first-order valence-electron chi connectivity index (χ1n) is 6.66. The predicted octanol–water partition coefficient (Wildman–Crippen LogP) is 3.44. The molecule has 0 N–H and O–H groups in total. The average Bonchev–Trinajstić information content (AvgIpc) is 2.33. The highest BCUT2D eigenvalue weighted by Gasteiger charge is 2.01. The van der Waals surface area contributed by atoms with E-state index in [2.05, 4.69) is 0 Å². The summed E-state index contributed by atoms with van der Waals surface area (Å²) in [7, 11) is 3.24. The third-order valence-corrected chi connectivity index (χ3v) is 2.30. The van der Waals surface area contributed by atoms with Gasteiger partial charge in [-0.15, -0.1) is 0 Å². The molecule has 1 aromatic carbocycles. The number of hydrogen-bond acceptors (Lipinski definition) is 2. The van der Waals surface area contributed by atoms with Gasteiger partial charge in [0, 0.05) is 10.2 Å². The predicted molar refractivity (Wildman–Crippen MR) is 62.8 cm³/mol. The van der Waals surface area contributed by atoms with Crippen molar-refractivity contribution in [2.75, 3.05) is 14.2 Å². The van der Waals surface area contributed by atoms with Crippen LogP contribution in [0.5, 0.6) is 11.5 Å². The monoisotopic (exact) mass is 211 g/mol. The Bertz CT molecular complexity index is 353. The van der Waals surface area contributed by atoms with Crippen LogP contribution in [-0.2, 0) is 6.42 Å². The molecule has 0 aromatic heterocycles. The molecule has 0 aliphatic rings. The lowest BCUT2D eigenvalue weighted by Gasteiger charge is -2.08. The third kappa shape index (κ3) is 3.82. The van der Waals surface area contributed by atoms with Crippen LogP contribution in [0.1, 0.15) is 35.8 Å². The summed E-state index contributed by atoms with van der Waals surface area (Å²) in [5.41, 5.74) is 1.11. The number of ether oxygens (including phenoxy) is 2. The molecule has 15 heavy (non-hydrogen) atoms. The molecule has 0 atom stereocenters. The lowest BCUT2D eigenvalue weighted by molar-refractivity contribution is 0.393. The molecule has 0 aliphatic carbocycles. The molecule has 0 saturated heterocycles. The van der Waals surface area contributed by atoms with Gasteiger partial charge in [-0.1, -0.05) is 19.7 Å². The lowest BCUT2D eigenvalue weighted by Crippen LogP contribution is -1.91. The van der Waals surface area contributed by atoms with Crippen molar-refractivity contribution < 1.29 is 13.6 Å². The molecule has 84 valence electrons. The van der Waals surface area contributed by atoms with Crippen LogP contribution in [0.4, 0.5) is 0 Å². The Morgan fingerprint density at radius 1 is 1.07 bits per heavy atom. The van der Waals surface area contributed by atoms with E-state index in [0.717, 1.165) is 29.9 Å². The highest BCUT2D eigenvalue weighted by Crippen LogP contribution is 2.23. The molecule has 0 fully saturated rings. The van der Waals surface area contributed by atoms with Crippen LogP contribution in [-0.4, -0.2) is 14.2 Å². The Morgan fingerprint density at radius 3 is 2.27 bits per heavy atom. The smallest absolute Gasteiger partial charge is 0.122 e. The maximum Gasteiger partial charge on any atom is 0.122 e. The summed E-state index contributed by atoms with van der Waals surface area (Å²) in [6, 6.07) is 5.74. The van der Waals surface area contributed by atoms with Crippen molar-refractivity contribution in [3.05, 3.63) is 23.8 Å². The fourth-order valence-electron chi connectivity index (χ4n) is 1.46. The molecule has 0 heterocycles. The van der Waals surface area contributed by atoms with Crippen LogP contribution in [0.15, 0.2) is 18.2 Å². The van der Waals surface area contributed by atoms with Crippen LogP contribution < -0.4 is 9.47 Å². The topological polar surface area (TPSA) is 18.5 Å². The van der Waals surface area contributed by atoms with Crippen LogP contribution in [0, 0.1) is 0 Å². The highest BCUT2D eigenvalue weighted by atomic mass is 16.5. The molecule has 2 heteroatoms. The molecule has 0 saturated carbocycles. The van der Waals surface area contributed by atoms with Gasteiger partial charge < -0.3 is 9.47 Å². The molecule has 1 aromatic rings. The van der Waals surface area contributed by atoms with Crippen LogP contribution in [0.2, 0.25) is 0 Å². The van der Waals surface area contributed by atoms with Crippen molar-refractivity contribution in [1.82, 2.24) is 0 Å². The number of aryl methyl sites for hydroxylation is 1. The summed E-state index contributed by atoms with van der Waals surface area (Å²) in [5, 5.41) is 0. The first kappa shape index (κ1) is 8.03. The lowest BCUT2D eigenvalue weighted by atomic mass is 10.1. The van der Waals surface area contributed by atoms with E-state index in [0.29, 0.717) is 6.42 Å². The maximum atomic E-state index is 7.14. The minimum absolute atomic E-state index is 0.272. The Kier molecular flexibility index (Phi) is 3.39. The van der Waals surface area contributed by atoms with Crippen LogP contribution >= 0.6 is 0 Å². The molecule has 0 unspecified atom stereocenters. The molecule has 0 bridgehead atoms. The number of methoxy groups -OCH3 is 2. The van der Waals surface area contributed by atoms with Gasteiger partial charge >= 0.3 is 0 Å². The second-order valence-corrected chi connectivity index (χ2v) is 3.43. The minimum atomic E-state index is -1.81. The number of unbranched alkanes of at least 4 members (excludes halogenated alkanes) is 1. The molecule has 0 radical (unpaired) electrons. The van der Waals surface area contributed by atoms with E-state index in [1.54, 1.807) is 14.2 Å². The fraction of sp³-hybridized carbons (Fsp3) is 0.538. The van der Waals surface area contributed by atoms with E-state index in [-0.39, 0.29) is 6.42 Å². The SMILES string of the molecule is [2H]C([2H])([2H])CCCCc1cc(OC)cc(OC)c1. The van der Waals surface area contributed by atoms with Gasteiger partial charge in [-0.3, -0.25) is 0 Å². The largest absolute Gasteiger partial charge is 0.497 e. The van der Waals surface area contributed by atoms with Crippen molar-refractivity contribution >= 4 is 0 Å². The molecule has 0 amide bonds. The van der Waals surface area contributed by atoms with Gasteiger partial charge in [0.1, 0.15) is 11.5 Å². The van der Waals surface area contributed by atoms with Crippen molar-refractivity contribution in [3.8, 4) is 11.5 Å². The maximum absolute atomic E-state index is 7.14. The van der Waals surface area contributed by atoms with Gasteiger partial charge in [0.05, 0.1) is 14.2 Å². The zero-order chi connectivity index (χ0) is 13.6. The molecular weight excluding hydrogens is 188 g/mol. The Morgan fingerprint density at radius 2 is 1.73 bits per heavy atom. The normalized spacial score (nSPS) is 13.9. The first-order valence-corrected chi connectivity index (χ1v) is 5.16. The molecule has 2 nitrogen and oxygen atoms in total. The molecule has 0 aliphatic heterocycles. The Labute approximate surface area is 96.4 Å². The van der Waals surface area contributed by atoms with Gasteiger partial charge in [0.2, 0.25) is 0 Å². The van der Waals surface area contributed by atoms with Gasteiger partial charge in [-0.05, 0) is 30.5 Å². The van der Waals surface area contributed by atoms with Crippen molar-refractivity contribution in [3.63, 3.8) is 0 Å².